The molecule has 7 nitrogen and oxygen atoms in total. The minimum Gasteiger partial charge on any atom is -0.480 e. The van der Waals surface area contributed by atoms with E-state index < -0.39 is 12.0 Å². The molecule has 0 heterocycles. The predicted molar refractivity (Wildman–Crippen MR) is 80.6 cm³/mol. The van der Waals surface area contributed by atoms with Gasteiger partial charge in [-0.1, -0.05) is 6.92 Å². The third-order valence-corrected chi connectivity index (χ3v) is 3.00. The molecular formula is C15H27NO6. The van der Waals surface area contributed by atoms with Gasteiger partial charge in [-0.3, -0.25) is 9.59 Å². The van der Waals surface area contributed by atoms with Crippen LogP contribution in [-0.4, -0.2) is 55.7 Å². The highest BCUT2D eigenvalue weighted by Gasteiger charge is 2.20. The molecule has 0 aromatic rings. The molecule has 22 heavy (non-hydrogen) atoms. The fourth-order valence-electron chi connectivity index (χ4n) is 1.80. The second kappa shape index (κ2) is 13.2. The summed E-state index contributed by atoms with van der Waals surface area (Å²) in [7, 11) is 1.59. The minimum absolute atomic E-state index is 0.0219. The van der Waals surface area contributed by atoms with E-state index in [1.165, 1.54) is 0 Å². The predicted octanol–water partition coefficient (Wildman–Crippen LogP) is 1.15. The number of carboxylic acids is 1. The standard InChI is InChI=1S/C15H27NO6/c1-3-5-14(18)16-13(15(19)20)8-7-12(17)6-4-9-22-11-10-21-2/h13H,3-11H2,1-2H3,(H,16,18)(H,19,20). The monoisotopic (exact) mass is 317 g/mol. The van der Waals surface area contributed by atoms with E-state index in [1.807, 2.05) is 6.92 Å². The maximum atomic E-state index is 11.7. The van der Waals surface area contributed by atoms with Gasteiger partial charge >= 0.3 is 5.97 Å². The van der Waals surface area contributed by atoms with Crippen LogP contribution >= 0.6 is 0 Å². The molecule has 0 spiro atoms. The largest absolute Gasteiger partial charge is 0.480 e. The topological polar surface area (TPSA) is 102 Å². The maximum absolute atomic E-state index is 11.7. The highest BCUT2D eigenvalue weighted by Crippen LogP contribution is 2.04. The van der Waals surface area contributed by atoms with E-state index in [9.17, 15) is 14.4 Å². The average molecular weight is 317 g/mol. The molecule has 0 aliphatic heterocycles. The van der Waals surface area contributed by atoms with Crippen LogP contribution in [0.5, 0.6) is 0 Å². The van der Waals surface area contributed by atoms with Crippen molar-refractivity contribution in [3.8, 4) is 0 Å². The molecule has 0 aromatic heterocycles. The summed E-state index contributed by atoms with van der Waals surface area (Å²) >= 11 is 0. The molecule has 0 aromatic carbocycles. The quantitative estimate of drug-likeness (QED) is 0.466. The fourth-order valence-corrected chi connectivity index (χ4v) is 1.80. The molecule has 0 radical (unpaired) electrons. The van der Waals surface area contributed by atoms with Gasteiger partial charge in [-0.25, -0.2) is 4.79 Å². The highest BCUT2D eigenvalue weighted by atomic mass is 16.5. The van der Waals surface area contributed by atoms with Gasteiger partial charge in [0.2, 0.25) is 5.91 Å². The summed E-state index contributed by atoms with van der Waals surface area (Å²) in [5.74, 6) is -1.43. The van der Waals surface area contributed by atoms with Crippen molar-refractivity contribution in [2.24, 2.45) is 0 Å². The van der Waals surface area contributed by atoms with Crippen LogP contribution in [0.2, 0.25) is 0 Å². The Morgan fingerprint density at radius 3 is 2.41 bits per heavy atom. The van der Waals surface area contributed by atoms with Crippen LogP contribution in [0.15, 0.2) is 0 Å². The molecule has 128 valence electrons. The van der Waals surface area contributed by atoms with Crippen molar-refractivity contribution >= 4 is 17.7 Å². The molecule has 2 N–H and O–H groups in total. The van der Waals surface area contributed by atoms with E-state index >= 15 is 0 Å². The Kier molecular flexibility index (Phi) is 12.3. The molecule has 0 aliphatic rings. The van der Waals surface area contributed by atoms with Gasteiger partial charge in [-0.05, 0) is 19.3 Å². The van der Waals surface area contributed by atoms with Gasteiger partial charge in [-0.2, -0.15) is 0 Å². The molecule has 0 saturated heterocycles. The molecule has 1 amide bonds. The third kappa shape index (κ3) is 11.2. The van der Waals surface area contributed by atoms with E-state index in [2.05, 4.69) is 5.32 Å². The lowest BCUT2D eigenvalue weighted by Gasteiger charge is -2.13. The number of ketones is 1. The van der Waals surface area contributed by atoms with Crippen LogP contribution < -0.4 is 5.32 Å². The lowest BCUT2D eigenvalue weighted by Crippen LogP contribution is -2.40. The zero-order chi connectivity index (χ0) is 16.8. The maximum Gasteiger partial charge on any atom is 0.326 e. The van der Waals surface area contributed by atoms with Crippen molar-refractivity contribution in [2.75, 3.05) is 26.9 Å². The number of carboxylic acid groups (broad SMARTS) is 1. The first-order valence-electron chi connectivity index (χ1n) is 7.61. The van der Waals surface area contributed by atoms with Crippen LogP contribution in [0.1, 0.15) is 45.4 Å². The Bertz CT molecular complexity index is 345. The zero-order valence-electron chi connectivity index (χ0n) is 13.4. The number of carbonyl (C=O) groups is 3. The fraction of sp³-hybridized carbons (Fsp3) is 0.800. The number of carbonyl (C=O) groups excluding carboxylic acids is 2. The smallest absolute Gasteiger partial charge is 0.326 e. The van der Waals surface area contributed by atoms with Crippen LogP contribution in [0.4, 0.5) is 0 Å². The molecule has 0 fully saturated rings. The Morgan fingerprint density at radius 1 is 1.09 bits per heavy atom. The van der Waals surface area contributed by atoms with Gasteiger partial charge in [0.05, 0.1) is 13.2 Å². The van der Waals surface area contributed by atoms with Crippen molar-refractivity contribution < 1.29 is 29.0 Å². The Morgan fingerprint density at radius 2 is 1.82 bits per heavy atom. The van der Waals surface area contributed by atoms with Gasteiger partial charge in [0, 0.05) is 33.0 Å². The van der Waals surface area contributed by atoms with Crippen LogP contribution in [0, 0.1) is 0 Å². The second-order valence-corrected chi connectivity index (χ2v) is 4.99. The summed E-state index contributed by atoms with van der Waals surface area (Å²) < 4.78 is 10.1. The molecule has 1 unspecified atom stereocenters. The first-order chi connectivity index (χ1) is 10.5. The summed E-state index contributed by atoms with van der Waals surface area (Å²) in [6, 6.07) is -0.999. The van der Waals surface area contributed by atoms with E-state index in [0.29, 0.717) is 39.1 Å². The summed E-state index contributed by atoms with van der Waals surface area (Å²) in [6.07, 6.45) is 2.15. The minimum atomic E-state index is -1.11. The summed E-state index contributed by atoms with van der Waals surface area (Å²) in [4.78, 5) is 34.2. The molecule has 1 atom stereocenters. The molecule has 0 bridgehead atoms. The summed E-state index contributed by atoms with van der Waals surface area (Å²) in [6.45, 7) is 3.33. The lowest BCUT2D eigenvalue weighted by atomic mass is 10.1. The number of aliphatic carboxylic acids is 1. The van der Waals surface area contributed by atoms with Crippen molar-refractivity contribution in [1.82, 2.24) is 5.32 Å². The van der Waals surface area contributed by atoms with Gasteiger partial charge in [0.1, 0.15) is 11.8 Å². The Labute approximate surface area is 131 Å². The van der Waals surface area contributed by atoms with Crippen LogP contribution in [-0.2, 0) is 23.9 Å². The van der Waals surface area contributed by atoms with E-state index in [1.54, 1.807) is 7.11 Å². The van der Waals surface area contributed by atoms with Gasteiger partial charge in [0.25, 0.3) is 0 Å². The van der Waals surface area contributed by atoms with Crippen LogP contribution in [0.25, 0.3) is 0 Å². The number of rotatable bonds is 14. The Balaban J connectivity index is 3.87. The SMILES string of the molecule is CCCC(=O)NC(CCC(=O)CCCOCCOC)C(=O)O. The van der Waals surface area contributed by atoms with E-state index in [-0.39, 0.29) is 31.0 Å². The number of hydrogen-bond acceptors (Lipinski definition) is 5. The van der Waals surface area contributed by atoms with E-state index in [4.69, 9.17) is 14.6 Å². The molecule has 0 rings (SSSR count). The lowest BCUT2D eigenvalue weighted by molar-refractivity contribution is -0.142. The molecular weight excluding hydrogens is 290 g/mol. The second-order valence-electron chi connectivity index (χ2n) is 4.99. The zero-order valence-corrected chi connectivity index (χ0v) is 13.4. The van der Waals surface area contributed by atoms with Crippen molar-refractivity contribution in [3.63, 3.8) is 0 Å². The number of hydrogen-bond donors (Lipinski definition) is 2. The molecule has 0 aliphatic carbocycles. The van der Waals surface area contributed by atoms with Gasteiger partial charge in [0.15, 0.2) is 0 Å². The number of nitrogens with one attached hydrogen (secondary N) is 1. The number of methoxy groups -OCH3 is 1. The average Bonchev–Trinajstić information content (AvgIpc) is 2.47. The van der Waals surface area contributed by atoms with E-state index in [0.717, 1.165) is 0 Å². The highest BCUT2D eigenvalue weighted by molar-refractivity contribution is 5.84. The van der Waals surface area contributed by atoms with Gasteiger partial charge < -0.3 is 19.9 Å². The summed E-state index contributed by atoms with van der Waals surface area (Å²) in [5, 5.41) is 11.5. The van der Waals surface area contributed by atoms with Gasteiger partial charge in [-0.15, -0.1) is 0 Å². The number of Topliss-reactive ketones (excluding diaryl/α,β-unsaturated/α-hetero) is 1. The Hall–Kier alpha value is -1.47. The number of ether oxygens (including phenoxy) is 2. The summed E-state index contributed by atoms with van der Waals surface area (Å²) in [5.41, 5.74) is 0. The van der Waals surface area contributed by atoms with Crippen LogP contribution in [0.3, 0.4) is 0 Å². The third-order valence-electron chi connectivity index (χ3n) is 3.00. The first kappa shape index (κ1) is 20.5. The molecule has 7 heteroatoms. The normalized spacial score (nSPS) is 11.9. The molecule has 0 saturated carbocycles. The van der Waals surface area contributed by atoms with Crippen molar-refractivity contribution in [2.45, 2.75) is 51.5 Å². The number of amides is 1. The first-order valence-corrected chi connectivity index (χ1v) is 7.61. The van der Waals surface area contributed by atoms with Crippen molar-refractivity contribution in [3.05, 3.63) is 0 Å². The van der Waals surface area contributed by atoms with Crippen molar-refractivity contribution in [1.29, 1.82) is 0 Å².